The number of carboxylic acids is 1. The maximum Gasteiger partial charge on any atom is 0.335 e. The van der Waals surface area contributed by atoms with Crippen LogP contribution < -0.4 is 4.90 Å². The summed E-state index contributed by atoms with van der Waals surface area (Å²) >= 11 is 0. The Kier molecular flexibility index (Phi) is 4.21. The highest BCUT2D eigenvalue weighted by atomic mass is 19.1. The molecule has 0 unspecified atom stereocenters. The summed E-state index contributed by atoms with van der Waals surface area (Å²) < 4.78 is 28.2. The van der Waals surface area contributed by atoms with E-state index in [2.05, 4.69) is 13.8 Å². The van der Waals surface area contributed by atoms with Gasteiger partial charge < -0.3 is 10.0 Å². The number of nitrogens with zero attached hydrogens (tertiary/aromatic N) is 1. The van der Waals surface area contributed by atoms with Crippen molar-refractivity contribution in [3.05, 3.63) is 29.3 Å². The van der Waals surface area contributed by atoms with Crippen LogP contribution >= 0.6 is 0 Å². The first kappa shape index (κ1) is 15.7. The molecular weight excluding hydrogens is 276 g/mol. The molecule has 0 atom stereocenters. The molecule has 0 aliphatic heterocycles. The number of benzene rings is 1. The summed E-state index contributed by atoms with van der Waals surface area (Å²) in [5.74, 6) is -2.97. The van der Waals surface area contributed by atoms with Gasteiger partial charge in [-0.25, -0.2) is 13.6 Å². The molecular formula is C16H21F2NO2. The summed E-state index contributed by atoms with van der Waals surface area (Å²) in [7, 11) is 1.67. The second-order valence-corrected chi connectivity index (χ2v) is 6.60. The number of anilines is 1. The van der Waals surface area contributed by atoms with Gasteiger partial charge >= 0.3 is 5.97 Å². The maximum atomic E-state index is 14.1. The third-order valence-electron chi connectivity index (χ3n) is 4.47. The minimum Gasteiger partial charge on any atom is -0.478 e. The average Bonchev–Trinajstić information content (AvgIpc) is 2.37. The Bertz CT molecular complexity index is 524. The van der Waals surface area contributed by atoms with Crippen molar-refractivity contribution in [2.45, 2.75) is 45.6 Å². The molecule has 0 amide bonds. The molecule has 0 spiro atoms. The molecule has 0 aromatic heterocycles. The molecule has 116 valence electrons. The molecule has 0 bridgehead atoms. The minimum atomic E-state index is -1.33. The van der Waals surface area contributed by atoms with Crippen LogP contribution in [0.25, 0.3) is 0 Å². The molecule has 0 heterocycles. The van der Waals surface area contributed by atoms with Gasteiger partial charge in [-0.2, -0.15) is 0 Å². The van der Waals surface area contributed by atoms with Crippen LogP contribution in [-0.4, -0.2) is 24.2 Å². The van der Waals surface area contributed by atoms with Crippen LogP contribution in [0, 0.1) is 17.0 Å². The third kappa shape index (κ3) is 3.34. The van der Waals surface area contributed by atoms with Crippen molar-refractivity contribution < 1.29 is 18.7 Å². The first-order valence-electron chi connectivity index (χ1n) is 7.16. The van der Waals surface area contributed by atoms with E-state index in [-0.39, 0.29) is 22.7 Å². The molecule has 0 saturated heterocycles. The molecule has 0 radical (unpaired) electrons. The van der Waals surface area contributed by atoms with Crippen molar-refractivity contribution in [3.8, 4) is 0 Å². The fourth-order valence-electron chi connectivity index (χ4n) is 2.98. The van der Waals surface area contributed by atoms with Gasteiger partial charge in [0.05, 0.1) is 5.56 Å². The van der Waals surface area contributed by atoms with Gasteiger partial charge in [0.15, 0.2) is 0 Å². The average molecular weight is 297 g/mol. The summed E-state index contributed by atoms with van der Waals surface area (Å²) in [5, 5.41) is 8.82. The van der Waals surface area contributed by atoms with Gasteiger partial charge in [0.1, 0.15) is 17.3 Å². The number of carbonyl (C=O) groups is 1. The Hall–Kier alpha value is -1.65. The van der Waals surface area contributed by atoms with Crippen molar-refractivity contribution in [2.75, 3.05) is 11.9 Å². The van der Waals surface area contributed by atoms with E-state index in [9.17, 15) is 13.6 Å². The Morgan fingerprint density at radius 1 is 1.24 bits per heavy atom. The Morgan fingerprint density at radius 2 is 1.71 bits per heavy atom. The molecule has 1 saturated carbocycles. The normalized spacial score (nSPS) is 18.5. The van der Waals surface area contributed by atoms with Crippen LogP contribution in [0.5, 0.6) is 0 Å². The number of aromatic carboxylic acids is 1. The van der Waals surface area contributed by atoms with E-state index in [1.54, 1.807) is 11.9 Å². The van der Waals surface area contributed by atoms with Crippen molar-refractivity contribution in [3.63, 3.8) is 0 Å². The number of hydrogen-bond donors (Lipinski definition) is 1. The monoisotopic (exact) mass is 297 g/mol. The lowest BCUT2D eigenvalue weighted by molar-refractivity contribution is 0.0695. The van der Waals surface area contributed by atoms with Gasteiger partial charge in [-0.05, 0) is 43.2 Å². The van der Waals surface area contributed by atoms with E-state index in [1.807, 2.05) is 0 Å². The van der Waals surface area contributed by atoms with Crippen LogP contribution in [0.15, 0.2) is 12.1 Å². The van der Waals surface area contributed by atoms with Crippen molar-refractivity contribution >= 4 is 11.7 Å². The SMILES string of the molecule is CN(c1c(F)cc(C(=O)O)cc1F)C1CCC(C)(C)CC1. The third-order valence-corrected chi connectivity index (χ3v) is 4.47. The lowest BCUT2D eigenvalue weighted by atomic mass is 9.75. The highest BCUT2D eigenvalue weighted by Crippen LogP contribution is 2.38. The minimum absolute atomic E-state index is 0.0812. The second kappa shape index (κ2) is 5.62. The van der Waals surface area contributed by atoms with E-state index >= 15 is 0 Å². The molecule has 5 heteroatoms. The smallest absolute Gasteiger partial charge is 0.335 e. The molecule has 1 aliphatic carbocycles. The van der Waals surface area contributed by atoms with Gasteiger partial charge in [0, 0.05) is 13.1 Å². The zero-order valence-corrected chi connectivity index (χ0v) is 12.6. The zero-order chi connectivity index (χ0) is 15.8. The summed E-state index contributed by atoms with van der Waals surface area (Å²) in [4.78, 5) is 12.4. The predicted octanol–water partition coefficient (Wildman–Crippen LogP) is 4.07. The molecule has 1 fully saturated rings. The first-order chi connectivity index (χ1) is 9.71. The van der Waals surface area contributed by atoms with Crippen molar-refractivity contribution in [2.24, 2.45) is 5.41 Å². The topological polar surface area (TPSA) is 40.5 Å². The summed E-state index contributed by atoms with van der Waals surface area (Å²) in [6.45, 7) is 4.40. The largest absolute Gasteiger partial charge is 0.478 e. The molecule has 1 aromatic carbocycles. The Labute approximate surface area is 123 Å². The quantitative estimate of drug-likeness (QED) is 0.914. The van der Waals surface area contributed by atoms with Gasteiger partial charge in [0.2, 0.25) is 0 Å². The molecule has 1 aliphatic rings. The van der Waals surface area contributed by atoms with E-state index in [4.69, 9.17) is 5.11 Å². The number of halogens is 2. The van der Waals surface area contributed by atoms with Crippen LogP contribution in [0.3, 0.4) is 0 Å². The van der Waals surface area contributed by atoms with Crippen molar-refractivity contribution in [1.29, 1.82) is 0 Å². The molecule has 1 aromatic rings. The summed E-state index contributed by atoms with van der Waals surface area (Å²) in [5.41, 5.74) is -0.224. The Balaban J connectivity index is 2.24. The van der Waals surface area contributed by atoms with Gasteiger partial charge in [0.25, 0.3) is 0 Å². The fraction of sp³-hybridized carbons (Fsp3) is 0.562. The van der Waals surface area contributed by atoms with E-state index < -0.39 is 17.6 Å². The van der Waals surface area contributed by atoms with E-state index in [0.717, 1.165) is 37.8 Å². The lowest BCUT2D eigenvalue weighted by Crippen LogP contribution is -2.38. The molecule has 3 nitrogen and oxygen atoms in total. The first-order valence-corrected chi connectivity index (χ1v) is 7.16. The van der Waals surface area contributed by atoms with Crippen LogP contribution in [0.2, 0.25) is 0 Å². The van der Waals surface area contributed by atoms with E-state index in [0.29, 0.717) is 0 Å². The number of rotatable bonds is 3. The van der Waals surface area contributed by atoms with Gasteiger partial charge in [-0.1, -0.05) is 13.8 Å². The number of carboxylic acid groups (broad SMARTS) is 1. The van der Waals surface area contributed by atoms with Crippen LogP contribution in [0.1, 0.15) is 49.9 Å². The fourth-order valence-corrected chi connectivity index (χ4v) is 2.98. The van der Waals surface area contributed by atoms with Crippen LogP contribution in [0.4, 0.5) is 14.5 Å². The number of hydrogen-bond acceptors (Lipinski definition) is 2. The lowest BCUT2D eigenvalue weighted by Gasteiger charge is -2.39. The predicted molar refractivity (Wildman–Crippen MR) is 77.8 cm³/mol. The maximum absolute atomic E-state index is 14.1. The molecule has 21 heavy (non-hydrogen) atoms. The van der Waals surface area contributed by atoms with Gasteiger partial charge in [-0.3, -0.25) is 0 Å². The molecule has 2 rings (SSSR count). The summed E-state index contributed by atoms with van der Waals surface area (Å²) in [6, 6.07) is 1.84. The zero-order valence-electron chi connectivity index (χ0n) is 12.6. The molecule has 1 N–H and O–H groups in total. The summed E-state index contributed by atoms with van der Waals surface area (Å²) in [6.07, 6.45) is 3.78. The van der Waals surface area contributed by atoms with E-state index in [1.165, 1.54) is 0 Å². The second-order valence-electron chi connectivity index (χ2n) is 6.60. The standard InChI is InChI=1S/C16H21F2NO2/c1-16(2)6-4-11(5-7-16)19(3)14-12(17)8-10(15(20)21)9-13(14)18/h8-9,11H,4-7H2,1-3H3,(H,20,21). The highest BCUT2D eigenvalue weighted by Gasteiger charge is 2.31. The Morgan fingerprint density at radius 3 is 2.14 bits per heavy atom. The van der Waals surface area contributed by atoms with Crippen LogP contribution in [-0.2, 0) is 0 Å². The highest BCUT2D eigenvalue weighted by molar-refractivity contribution is 5.88. The van der Waals surface area contributed by atoms with Crippen molar-refractivity contribution in [1.82, 2.24) is 0 Å². The van der Waals surface area contributed by atoms with Gasteiger partial charge in [-0.15, -0.1) is 0 Å².